The SMILES string of the molecule is c1ccc(-c2cc3c(s2)B2c4c(cccc4N(c4ccccc4)c4cccn42)N3c2ccccc2)cc1. The Bertz CT molecular complexity index is 1740. The van der Waals surface area contributed by atoms with Crippen molar-refractivity contribution < 1.29 is 0 Å². The third-order valence-corrected chi connectivity index (χ3v) is 8.62. The van der Waals surface area contributed by atoms with Gasteiger partial charge in [-0.05, 0) is 71.8 Å². The third-order valence-electron chi connectivity index (χ3n) is 7.40. The van der Waals surface area contributed by atoms with E-state index in [0.29, 0.717) is 0 Å². The first-order chi connectivity index (χ1) is 18.4. The minimum absolute atomic E-state index is 0.119. The first kappa shape index (κ1) is 20.7. The van der Waals surface area contributed by atoms with E-state index in [1.807, 2.05) is 11.3 Å². The lowest BCUT2D eigenvalue weighted by molar-refractivity contribution is 1.11. The molecule has 6 aromatic rings. The normalized spacial score (nSPS) is 13.2. The molecule has 0 bridgehead atoms. The predicted molar refractivity (Wildman–Crippen MR) is 158 cm³/mol. The first-order valence-electron chi connectivity index (χ1n) is 12.6. The number of nitrogens with zero attached hydrogens (tertiary/aromatic N) is 3. The number of fused-ring (bicyclic) bond motifs is 4. The monoisotopic (exact) mass is 491 g/mol. The topological polar surface area (TPSA) is 11.4 Å². The largest absolute Gasteiger partial charge is 0.368 e. The molecule has 5 heteroatoms. The number of benzene rings is 4. The van der Waals surface area contributed by atoms with Gasteiger partial charge in [0.05, 0.1) is 5.69 Å². The molecule has 2 aliphatic rings. The van der Waals surface area contributed by atoms with Crippen LogP contribution in [0, 0.1) is 0 Å². The second-order valence-electron chi connectivity index (χ2n) is 9.45. The Morgan fingerprint density at radius 3 is 1.86 bits per heavy atom. The zero-order valence-corrected chi connectivity index (χ0v) is 20.8. The van der Waals surface area contributed by atoms with Crippen molar-refractivity contribution in [3.05, 3.63) is 134 Å². The molecule has 3 nitrogen and oxygen atoms in total. The Morgan fingerprint density at radius 2 is 1.16 bits per heavy atom. The molecule has 174 valence electrons. The molecular weight excluding hydrogens is 469 g/mol. The van der Waals surface area contributed by atoms with Gasteiger partial charge < -0.3 is 9.38 Å². The number of para-hydroxylation sites is 2. The number of rotatable bonds is 3. The molecular formula is C32H22BN3S. The molecule has 8 rings (SSSR count). The van der Waals surface area contributed by atoms with Crippen molar-refractivity contribution in [2.24, 2.45) is 0 Å². The van der Waals surface area contributed by atoms with Gasteiger partial charge in [-0.2, -0.15) is 0 Å². The summed E-state index contributed by atoms with van der Waals surface area (Å²) < 4.78 is 3.82. The summed E-state index contributed by atoms with van der Waals surface area (Å²) >= 11 is 1.91. The summed E-state index contributed by atoms with van der Waals surface area (Å²) in [5.41, 5.74) is 8.68. The average molecular weight is 491 g/mol. The van der Waals surface area contributed by atoms with Crippen molar-refractivity contribution in [1.82, 2.24) is 4.48 Å². The lowest BCUT2D eigenvalue weighted by atomic mass is 9.50. The number of thiophene rings is 1. The maximum atomic E-state index is 2.45. The maximum Gasteiger partial charge on any atom is 0.345 e. The molecule has 0 fully saturated rings. The summed E-state index contributed by atoms with van der Waals surface area (Å²) in [6.07, 6.45) is 2.24. The molecule has 0 atom stereocenters. The minimum atomic E-state index is 0.119. The van der Waals surface area contributed by atoms with E-state index in [-0.39, 0.29) is 6.85 Å². The fourth-order valence-electron chi connectivity index (χ4n) is 5.87. The average Bonchev–Trinajstić information content (AvgIpc) is 3.62. The summed E-state index contributed by atoms with van der Waals surface area (Å²) in [5.74, 6) is 1.19. The Kier molecular flexibility index (Phi) is 4.48. The number of aromatic nitrogens is 1. The van der Waals surface area contributed by atoms with E-state index in [4.69, 9.17) is 0 Å². The van der Waals surface area contributed by atoms with Gasteiger partial charge >= 0.3 is 6.85 Å². The third kappa shape index (κ3) is 3.01. The lowest BCUT2D eigenvalue weighted by Gasteiger charge is -2.42. The fraction of sp³-hybridized carbons (Fsp3) is 0. The molecule has 0 saturated carbocycles. The molecule has 0 aliphatic carbocycles. The molecule has 0 spiro atoms. The smallest absolute Gasteiger partial charge is 0.345 e. The van der Waals surface area contributed by atoms with Gasteiger partial charge in [0.1, 0.15) is 5.82 Å². The van der Waals surface area contributed by atoms with Crippen LogP contribution in [0.15, 0.2) is 134 Å². The van der Waals surface area contributed by atoms with Gasteiger partial charge in [-0.15, -0.1) is 11.3 Å². The van der Waals surface area contributed by atoms with Crippen LogP contribution >= 0.6 is 11.3 Å². The molecule has 0 N–H and O–H groups in total. The van der Waals surface area contributed by atoms with Gasteiger partial charge in [0.2, 0.25) is 0 Å². The van der Waals surface area contributed by atoms with E-state index < -0.39 is 0 Å². The highest BCUT2D eigenvalue weighted by atomic mass is 32.1. The van der Waals surface area contributed by atoms with Crippen molar-refractivity contribution in [3.63, 3.8) is 0 Å². The van der Waals surface area contributed by atoms with Gasteiger partial charge in [-0.3, -0.25) is 4.90 Å². The second kappa shape index (κ2) is 8.02. The highest BCUT2D eigenvalue weighted by Gasteiger charge is 2.44. The Morgan fingerprint density at radius 1 is 0.541 bits per heavy atom. The Hall–Kier alpha value is -4.48. The molecule has 0 radical (unpaired) electrons. The summed E-state index contributed by atoms with van der Waals surface area (Å²) in [6, 6.07) is 45.7. The van der Waals surface area contributed by atoms with Crippen molar-refractivity contribution in [2.45, 2.75) is 0 Å². The first-order valence-corrected chi connectivity index (χ1v) is 13.4. The molecule has 0 amide bonds. The van der Waals surface area contributed by atoms with E-state index in [0.717, 1.165) is 0 Å². The molecule has 0 saturated heterocycles. The van der Waals surface area contributed by atoms with Crippen LogP contribution < -0.4 is 20.0 Å². The van der Waals surface area contributed by atoms with Gasteiger partial charge in [-0.1, -0.05) is 72.8 Å². The summed E-state index contributed by atoms with van der Waals surface area (Å²) in [6.45, 7) is 0.119. The Balaban J connectivity index is 1.44. The van der Waals surface area contributed by atoms with Crippen LogP contribution in [0.1, 0.15) is 0 Å². The van der Waals surface area contributed by atoms with Gasteiger partial charge in [0.25, 0.3) is 0 Å². The molecule has 4 aromatic carbocycles. The van der Waals surface area contributed by atoms with Gasteiger partial charge in [0.15, 0.2) is 0 Å². The van der Waals surface area contributed by atoms with Crippen LogP contribution in [-0.4, -0.2) is 11.3 Å². The van der Waals surface area contributed by atoms with Crippen LogP contribution in [0.3, 0.4) is 0 Å². The summed E-state index contributed by atoms with van der Waals surface area (Å²) in [7, 11) is 0. The number of hydrogen-bond donors (Lipinski definition) is 0. The fourth-order valence-corrected chi connectivity index (χ4v) is 7.13. The van der Waals surface area contributed by atoms with E-state index in [1.54, 1.807) is 0 Å². The summed E-state index contributed by atoms with van der Waals surface area (Å²) in [5, 5.41) is 0. The van der Waals surface area contributed by atoms with Crippen molar-refractivity contribution in [2.75, 3.05) is 9.80 Å². The van der Waals surface area contributed by atoms with Crippen LogP contribution in [-0.2, 0) is 0 Å². The van der Waals surface area contributed by atoms with Crippen molar-refractivity contribution >= 4 is 62.7 Å². The molecule has 4 heterocycles. The minimum Gasteiger partial charge on any atom is -0.368 e. The molecule has 2 aromatic heterocycles. The Labute approximate surface area is 220 Å². The molecule has 37 heavy (non-hydrogen) atoms. The van der Waals surface area contributed by atoms with Gasteiger partial charge in [0, 0.05) is 32.4 Å². The lowest BCUT2D eigenvalue weighted by Crippen LogP contribution is -2.57. The highest BCUT2D eigenvalue weighted by Crippen LogP contribution is 2.46. The highest BCUT2D eigenvalue weighted by molar-refractivity contribution is 7.29. The zero-order chi connectivity index (χ0) is 24.3. The van der Waals surface area contributed by atoms with Crippen molar-refractivity contribution in [1.29, 1.82) is 0 Å². The maximum absolute atomic E-state index is 2.45. The van der Waals surface area contributed by atoms with E-state index in [9.17, 15) is 0 Å². The van der Waals surface area contributed by atoms with Crippen LogP contribution in [0.4, 0.5) is 34.3 Å². The van der Waals surface area contributed by atoms with Crippen LogP contribution in [0.5, 0.6) is 0 Å². The second-order valence-corrected chi connectivity index (χ2v) is 10.5. The quantitative estimate of drug-likeness (QED) is 0.238. The molecule has 0 unspecified atom stereocenters. The molecule has 2 aliphatic heterocycles. The van der Waals surface area contributed by atoms with E-state index in [2.05, 4.69) is 148 Å². The number of hydrogen-bond acceptors (Lipinski definition) is 3. The van der Waals surface area contributed by atoms with Crippen LogP contribution in [0.25, 0.3) is 10.4 Å². The van der Waals surface area contributed by atoms with Gasteiger partial charge in [-0.25, -0.2) is 0 Å². The summed E-state index contributed by atoms with van der Waals surface area (Å²) in [4.78, 5) is 6.14. The van der Waals surface area contributed by atoms with Crippen LogP contribution in [0.2, 0.25) is 0 Å². The van der Waals surface area contributed by atoms with Crippen molar-refractivity contribution in [3.8, 4) is 10.4 Å². The van der Waals surface area contributed by atoms with E-state index in [1.165, 1.54) is 54.9 Å². The van der Waals surface area contributed by atoms with E-state index >= 15 is 0 Å². The predicted octanol–water partition coefficient (Wildman–Crippen LogP) is 7.44. The zero-order valence-electron chi connectivity index (χ0n) is 20.0. The number of anilines is 6. The standard InChI is InChI=1S/C32H22BN3S/c1-4-12-23(13-5-1)29-22-28-32(37-29)33-31-26(35(28)24-14-6-2-7-15-24)18-10-19-27(31)36(25-16-8-3-9-17-25)30-20-11-21-34(30)33/h1-22H.